The van der Waals surface area contributed by atoms with Crippen molar-refractivity contribution in [3.05, 3.63) is 29.8 Å². The molecule has 1 aromatic carbocycles. The number of nitrogens with zero attached hydrogens (tertiary/aromatic N) is 3. The molecule has 2 unspecified atom stereocenters. The Morgan fingerprint density at radius 3 is 2.00 bits per heavy atom. The van der Waals surface area contributed by atoms with Gasteiger partial charge in [-0.1, -0.05) is 31.0 Å². The number of rotatable bonds is 3. The standard InChI is InChI=1S/C12H23N.C12H17N.C5H11N/c2*1-10(2)13-9-5-7-11-6-3-4-8-12(11)13;1-5(2)6-3-4-6/h10-12H,3-9H2,1-2H3;3-4,6,8,10H,5,7,9H2,1-2H3;5H,3-4H2,1-2H3. The molecule has 3 heteroatoms. The molecule has 3 aliphatic heterocycles. The van der Waals surface area contributed by atoms with Gasteiger partial charge in [0.25, 0.3) is 0 Å². The van der Waals surface area contributed by atoms with Crippen LogP contribution in [0.1, 0.15) is 92.1 Å². The van der Waals surface area contributed by atoms with Crippen molar-refractivity contribution in [3.8, 4) is 0 Å². The highest BCUT2D eigenvalue weighted by Crippen LogP contribution is 2.36. The highest BCUT2D eigenvalue weighted by Gasteiger charge is 2.33. The summed E-state index contributed by atoms with van der Waals surface area (Å²) in [5.74, 6) is 1.05. The van der Waals surface area contributed by atoms with Gasteiger partial charge < -0.3 is 4.90 Å². The summed E-state index contributed by atoms with van der Waals surface area (Å²) in [5.41, 5.74) is 2.96. The molecule has 5 rings (SSSR count). The average molecular weight is 442 g/mol. The lowest BCUT2D eigenvalue weighted by Gasteiger charge is -2.46. The van der Waals surface area contributed by atoms with Crippen LogP contribution in [0.4, 0.5) is 5.69 Å². The zero-order valence-electron chi connectivity index (χ0n) is 22.0. The minimum atomic E-state index is 0.626. The second-order valence-electron chi connectivity index (χ2n) is 11.2. The van der Waals surface area contributed by atoms with E-state index in [-0.39, 0.29) is 0 Å². The third-order valence-electron chi connectivity index (χ3n) is 7.93. The zero-order valence-corrected chi connectivity index (χ0v) is 22.0. The summed E-state index contributed by atoms with van der Waals surface area (Å²) < 4.78 is 0. The van der Waals surface area contributed by atoms with Crippen molar-refractivity contribution < 1.29 is 0 Å². The molecule has 0 radical (unpaired) electrons. The van der Waals surface area contributed by atoms with Gasteiger partial charge in [0, 0.05) is 49.5 Å². The number of hydrogen-bond donors (Lipinski definition) is 0. The van der Waals surface area contributed by atoms with Gasteiger partial charge in [0.2, 0.25) is 0 Å². The molecule has 0 aromatic heterocycles. The van der Waals surface area contributed by atoms with E-state index in [4.69, 9.17) is 0 Å². The fraction of sp³-hybridized carbons (Fsp3) is 0.793. The third kappa shape index (κ3) is 7.22. The maximum absolute atomic E-state index is 2.76. The van der Waals surface area contributed by atoms with E-state index in [0.29, 0.717) is 6.04 Å². The number of hydrogen-bond acceptors (Lipinski definition) is 3. The molecule has 4 aliphatic rings. The molecule has 3 fully saturated rings. The minimum Gasteiger partial charge on any atom is -0.369 e. The predicted octanol–water partition coefficient (Wildman–Crippen LogP) is 6.61. The number of likely N-dealkylation sites (tertiary alicyclic amines) is 1. The van der Waals surface area contributed by atoms with E-state index in [1.54, 1.807) is 0 Å². The second kappa shape index (κ2) is 12.4. The Labute approximate surface area is 199 Å². The Kier molecular flexibility index (Phi) is 9.92. The Bertz CT molecular complexity index is 662. The quantitative estimate of drug-likeness (QED) is 0.489. The predicted molar refractivity (Wildman–Crippen MR) is 141 cm³/mol. The monoisotopic (exact) mass is 441 g/mol. The Morgan fingerprint density at radius 2 is 1.38 bits per heavy atom. The average Bonchev–Trinajstić information content (AvgIpc) is 3.65. The van der Waals surface area contributed by atoms with Crippen LogP contribution in [0, 0.1) is 5.92 Å². The van der Waals surface area contributed by atoms with Gasteiger partial charge in [0.05, 0.1) is 0 Å². The Hall–Kier alpha value is -1.06. The third-order valence-corrected chi connectivity index (χ3v) is 7.93. The number of piperidine rings is 1. The van der Waals surface area contributed by atoms with E-state index in [0.717, 1.165) is 24.0 Å². The lowest BCUT2D eigenvalue weighted by atomic mass is 9.78. The highest BCUT2D eigenvalue weighted by molar-refractivity contribution is 5.55. The van der Waals surface area contributed by atoms with Crippen LogP contribution < -0.4 is 4.90 Å². The topological polar surface area (TPSA) is 9.49 Å². The molecule has 0 amide bonds. The van der Waals surface area contributed by atoms with Crippen LogP contribution in [0.5, 0.6) is 0 Å². The first kappa shape index (κ1) is 25.6. The largest absolute Gasteiger partial charge is 0.369 e. The Balaban J connectivity index is 0.000000145. The van der Waals surface area contributed by atoms with E-state index in [1.165, 1.54) is 88.8 Å². The van der Waals surface area contributed by atoms with Gasteiger partial charge in [0.1, 0.15) is 0 Å². The van der Waals surface area contributed by atoms with Crippen LogP contribution in [-0.2, 0) is 6.42 Å². The SMILES string of the molecule is CC(C)N1CC1.CC(C)N1CCCC2CCCCC21.CC(C)N1CCCc2ccccc21. The van der Waals surface area contributed by atoms with Crippen molar-refractivity contribution in [2.45, 2.75) is 117 Å². The fourth-order valence-electron chi connectivity index (χ4n) is 5.98. The first-order valence-corrected chi connectivity index (χ1v) is 13.7. The molecular formula is C29H51N3. The van der Waals surface area contributed by atoms with Crippen LogP contribution in [-0.4, -0.2) is 60.1 Å². The number of anilines is 1. The maximum Gasteiger partial charge on any atom is 0.0401 e. The molecule has 32 heavy (non-hydrogen) atoms. The van der Waals surface area contributed by atoms with Crippen molar-refractivity contribution in [1.82, 2.24) is 9.80 Å². The van der Waals surface area contributed by atoms with Crippen molar-refractivity contribution in [2.75, 3.05) is 31.1 Å². The van der Waals surface area contributed by atoms with E-state index >= 15 is 0 Å². The van der Waals surface area contributed by atoms with Gasteiger partial charge in [0.15, 0.2) is 0 Å². The summed E-state index contributed by atoms with van der Waals surface area (Å²) in [5, 5.41) is 0. The van der Waals surface area contributed by atoms with E-state index in [1.807, 2.05) is 0 Å². The van der Waals surface area contributed by atoms with Crippen LogP contribution >= 0.6 is 0 Å². The van der Waals surface area contributed by atoms with E-state index < -0.39 is 0 Å². The molecule has 2 saturated heterocycles. The molecule has 1 saturated carbocycles. The lowest BCUT2D eigenvalue weighted by molar-refractivity contribution is 0.0371. The van der Waals surface area contributed by atoms with Crippen LogP contribution in [0.2, 0.25) is 0 Å². The summed E-state index contributed by atoms with van der Waals surface area (Å²) >= 11 is 0. The molecule has 1 aromatic rings. The molecule has 3 heterocycles. The summed E-state index contributed by atoms with van der Waals surface area (Å²) in [6.45, 7) is 18.9. The molecule has 0 spiro atoms. The smallest absolute Gasteiger partial charge is 0.0401 e. The molecule has 3 nitrogen and oxygen atoms in total. The number of para-hydroxylation sites is 1. The summed E-state index contributed by atoms with van der Waals surface area (Å²) in [6.07, 6.45) is 11.5. The molecule has 0 N–H and O–H groups in total. The van der Waals surface area contributed by atoms with Crippen LogP contribution in [0.25, 0.3) is 0 Å². The van der Waals surface area contributed by atoms with Gasteiger partial charge in [-0.15, -0.1) is 0 Å². The number of aryl methyl sites for hydroxylation is 1. The van der Waals surface area contributed by atoms with Gasteiger partial charge in [-0.3, -0.25) is 9.80 Å². The summed E-state index contributed by atoms with van der Waals surface area (Å²) in [6, 6.07) is 11.9. The van der Waals surface area contributed by atoms with Gasteiger partial charge in [-0.2, -0.15) is 0 Å². The van der Waals surface area contributed by atoms with Crippen molar-refractivity contribution >= 4 is 5.69 Å². The fourth-order valence-corrected chi connectivity index (χ4v) is 5.98. The summed E-state index contributed by atoms with van der Waals surface area (Å²) in [7, 11) is 0. The first-order valence-electron chi connectivity index (χ1n) is 13.7. The zero-order chi connectivity index (χ0) is 23.1. The first-order chi connectivity index (χ1) is 15.4. The lowest BCUT2D eigenvalue weighted by Crippen LogP contribution is -2.49. The van der Waals surface area contributed by atoms with E-state index in [9.17, 15) is 0 Å². The second-order valence-corrected chi connectivity index (χ2v) is 11.2. The normalized spacial score (nSPS) is 25.5. The highest BCUT2D eigenvalue weighted by atomic mass is 15.3. The van der Waals surface area contributed by atoms with Gasteiger partial charge in [-0.05, 0) is 104 Å². The number of fused-ring (bicyclic) bond motifs is 2. The van der Waals surface area contributed by atoms with Crippen LogP contribution in [0.3, 0.4) is 0 Å². The molecule has 182 valence electrons. The molecule has 0 bridgehead atoms. The van der Waals surface area contributed by atoms with Crippen molar-refractivity contribution in [2.24, 2.45) is 5.92 Å². The van der Waals surface area contributed by atoms with Gasteiger partial charge >= 0.3 is 0 Å². The molecular weight excluding hydrogens is 390 g/mol. The van der Waals surface area contributed by atoms with Gasteiger partial charge in [-0.25, -0.2) is 0 Å². The number of benzene rings is 1. The molecule has 1 aliphatic carbocycles. The molecule has 2 atom stereocenters. The Morgan fingerprint density at radius 1 is 0.688 bits per heavy atom. The van der Waals surface area contributed by atoms with Crippen molar-refractivity contribution in [3.63, 3.8) is 0 Å². The van der Waals surface area contributed by atoms with Crippen LogP contribution in [0.15, 0.2) is 24.3 Å². The maximum atomic E-state index is 2.76. The minimum absolute atomic E-state index is 0.626. The summed E-state index contributed by atoms with van der Waals surface area (Å²) in [4.78, 5) is 7.67. The van der Waals surface area contributed by atoms with Crippen molar-refractivity contribution in [1.29, 1.82) is 0 Å². The van der Waals surface area contributed by atoms with E-state index in [2.05, 4.69) is 80.5 Å².